The number of fused-ring (bicyclic) bond motifs is 1. The minimum atomic E-state index is -4.69. The lowest BCUT2D eigenvalue weighted by molar-refractivity contribution is -0.138. The van der Waals surface area contributed by atoms with Crippen molar-refractivity contribution in [3.05, 3.63) is 40.8 Å². The molecule has 0 radical (unpaired) electrons. The first kappa shape index (κ1) is 16.4. The van der Waals surface area contributed by atoms with Gasteiger partial charge in [0.1, 0.15) is 18.2 Å². The quantitative estimate of drug-likeness (QED) is 0.787. The molecule has 0 fully saturated rings. The number of halogens is 4. The fraction of sp³-hybridized carbons (Fsp3) is 0.400. The van der Waals surface area contributed by atoms with Crippen LogP contribution in [0.5, 0.6) is 0 Å². The van der Waals surface area contributed by atoms with E-state index in [1.807, 2.05) is 6.92 Å². The number of aromatic nitrogens is 3. The van der Waals surface area contributed by atoms with E-state index in [9.17, 15) is 22.4 Å². The smallest absolute Gasteiger partial charge is 0.289 e. The van der Waals surface area contributed by atoms with Crippen LogP contribution >= 0.6 is 0 Å². The number of rotatable bonds is 2. The molecule has 0 saturated carbocycles. The SMILES string of the molecule is Cc1cnn2c1C(=O)N(c1ccc(C(F)(F)F)c(CF)n1)C[C@@H]2C. The normalized spacial score (nSPS) is 18.0. The summed E-state index contributed by atoms with van der Waals surface area (Å²) in [7, 11) is 0. The molecular formula is C15H14F4N4O. The molecule has 0 aromatic carbocycles. The fourth-order valence-electron chi connectivity index (χ4n) is 2.80. The van der Waals surface area contributed by atoms with Crippen LogP contribution in [0.25, 0.3) is 0 Å². The van der Waals surface area contributed by atoms with E-state index < -0.39 is 30.0 Å². The summed E-state index contributed by atoms with van der Waals surface area (Å²) in [6.45, 7) is 2.38. The summed E-state index contributed by atoms with van der Waals surface area (Å²) in [5.74, 6) is -0.417. The number of aryl methyl sites for hydroxylation is 1. The van der Waals surface area contributed by atoms with E-state index in [1.165, 1.54) is 4.90 Å². The van der Waals surface area contributed by atoms with Crippen molar-refractivity contribution in [1.29, 1.82) is 0 Å². The second kappa shape index (κ2) is 5.57. The maximum absolute atomic E-state index is 13.0. The molecule has 1 aliphatic heterocycles. The van der Waals surface area contributed by atoms with Crippen molar-refractivity contribution in [2.24, 2.45) is 0 Å². The number of carbonyl (C=O) groups is 1. The van der Waals surface area contributed by atoms with Crippen molar-refractivity contribution < 1.29 is 22.4 Å². The van der Waals surface area contributed by atoms with Gasteiger partial charge in [0.15, 0.2) is 0 Å². The van der Waals surface area contributed by atoms with Gasteiger partial charge in [-0.15, -0.1) is 0 Å². The lowest BCUT2D eigenvalue weighted by Crippen LogP contribution is -2.43. The zero-order chi connectivity index (χ0) is 17.6. The van der Waals surface area contributed by atoms with Gasteiger partial charge in [0.25, 0.3) is 5.91 Å². The van der Waals surface area contributed by atoms with Crippen LogP contribution in [0.3, 0.4) is 0 Å². The number of nitrogens with zero attached hydrogens (tertiary/aromatic N) is 4. The molecule has 0 saturated heterocycles. The zero-order valence-corrected chi connectivity index (χ0v) is 12.9. The molecule has 9 heteroatoms. The van der Waals surface area contributed by atoms with Crippen molar-refractivity contribution in [2.75, 3.05) is 11.4 Å². The van der Waals surface area contributed by atoms with Crippen molar-refractivity contribution in [2.45, 2.75) is 32.7 Å². The van der Waals surface area contributed by atoms with Gasteiger partial charge in [-0.2, -0.15) is 18.3 Å². The van der Waals surface area contributed by atoms with Crippen LogP contribution in [0.2, 0.25) is 0 Å². The molecule has 0 unspecified atom stereocenters. The number of hydrogen-bond donors (Lipinski definition) is 0. The minimum absolute atomic E-state index is 0.000602. The van der Waals surface area contributed by atoms with Crippen LogP contribution in [0.1, 0.15) is 40.3 Å². The summed E-state index contributed by atoms with van der Waals surface area (Å²) in [5.41, 5.74) is -0.838. The Kier molecular flexibility index (Phi) is 3.81. The van der Waals surface area contributed by atoms with Gasteiger partial charge in [-0.25, -0.2) is 9.37 Å². The molecule has 128 valence electrons. The molecule has 2 aromatic heterocycles. The van der Waals surface area contributed by atoms with Gasteiger partial charge < -0.3 is 0 Å². The van der Waals surface area contributed by atoms with E-state index in [4.69, 9.17) is 0 Å². The fourth-order valence-corrected chi connectivity index (χ4v) is 2.80. The van der Waals surface area contributed by atoms with E-state index in [-0.39, 0.29) is 18.4 Å². The topological polar surface area (TPSA) is 51.0 Å². The Morgan fingerprint density at radius 3 is 2.67 bits per heavy atom. The standard InChI is InChI=1S/C15H14F4N4O/c1-8-6-20-23-9(2)7-22(14(24)13(8)23)12-4-3-10(15(17,18)19)11(5-16)21-12/h3-4,6,9H,5,7H2,1-2H3/t9-/m0/s1. The lowest BCUT2D eigenvalue weighted by atomic mass is 10.1. The monoisotopic (exact) mass is 342 g/mol. The second-order valence-electron chi connectivity index (χ2n) is 5.68. The summed E-state index contributed by atoms with van der Waals surface area (Å²) in [4.78, 5) is 17.6. The molecule has 24 heavy (non-hydrogen) atoms. The number of amides is 1. The van der Waals surface area contributed by atoms with Crippen molar-refractivity contribution in [3.8, 4) is 0 Å². The molecule has 0 bridgehead atoms. The average molecular weight is 342 g/mol. The molecule has 5 nitrogen and oxygen atoms in total. The molecule has 1 aliphatic rings. The minimum Gasteiger partial charge on any atom is -0.289 e. The zero-order valence-electron chi connectivity index (χ0n) is 12.9. The Morgan fingerprint density at radius 1 is 1.33 bits per heavy atom. The third-order valence-corrected chi connectivity index (χ3v) is 3.96. The van der Waals surface area contributed by atoms with Gasteiger partial charge in [-0.1, -0.05) is 0 Å². The van der Waals surface area contributed by atoms with Gasteiger partial charge >= 0.3 is 6.18 Å². The van der Waals surface area contributed by atoms with Crippen LogP contribution in [0, 0.1) is 6.92 Å². The molecule has 3 heterocycles. The summed E-state index contributed by atoms with van der Waals surface area (Å²) in [6, 6.07) is 1.67. The highest BCUT2D eigenvalue weighted by Gasteiger charge is 2.36. The molecule has 2 aromatic rings. The summed E-state index contributed by atoms with van der Waals surface area (Å²) >= 11 is 0. The number of hydrogen-bond acceptors (Lipinski definition) is 3. The van der Waals surface area contributed by atoms with Crippen molar-refractivity contribution >= 4 is 11.7 Å². The van der Waals surface area contributed by atoms with E-state index in [0.29, 0.717) is 11.3 Å². The van der Waals surface area contributed by atoms with Gasteiger partial charge in [0.05, 0.1) is 23.5 Å². The van der Waals surface area contributed by atoms with E-state index in [2.05, 4.69) is 10.1 Å². The Bertz CT molecular complexity index is 799. The van der Waals surface area contributed by atoms with E-state index in [0.717, 1.165) is 12.1 Å². The highest BCUT2D eigenvalue weighted by Crippen LogP contribution is 2.34. The maximum atomic E-state index is 13.0. The second-order valence-corrected chi connectivity index (χ2v) is 5.68. The van der Waals surface area contributed by atoms with Gasteiger partial charge in [0.2, 0.25) is 0 Å². The number of carbonyl (C=O) groups excluding carboxylic acids is 1. The van der Waals surface area contributed by atoms with Crippen LogP contribution < -0.4 is 4.90 Å². The first-order chi connectivity index (χ1) is 11.2. The van der Waals surface area contributed by atoms with Crippen molar-refractivity contribution in [3.63, 3.8) is 0 Å². The molecule has 0 N–H and O–H groups in total. The number of pyridine rings is 1. The highest BCUT2D eigenvalue weighted by atomic mass is 19.4. The summed E-state index contributed by atoms with van der Waals surface area (Å²) in [5, 5.41) is 4.14. The lowest BCUT2D eigenvalue weighted by Gasteiger charge is -2.31. The van der Waals surface area contributed by atoms with Crippen LogP contribution in [-0.2, 0) is 12.9 Å². The first-order valence-corrected chi connectivity index (χ1v) is 7.23. The maximum Gasteiger partial charge on any atom is 0.418 e. The summed E-state index contributed by atoms with van der Waals surface area (Å²) < 4.78 is 53.2. The Hall–Kier alpha value is -2.45. The predicted octanol–water partition coefficient (Wildman–Crippen LogP) is 3.30. The Morgan fingerprint density at radius 2 is 2.04 bits per heavy atom. The number of alkyl halides is 4. The molecule has 3 rings (SSSR count). The largest absolute Gasteiger partial charge is 0.418 e. The molecule has 0 spiro atoms. The average Bonchev–Trinajstić information content (AvgIpc) is 2.92. The molecule has 1 atom stereocenters. The molecular weight excluding hydrogens is 328 g/mol. The molecule has 1 amide bonds. The van der Waals surface area contributed by atoms with Crippen LogP contribution in [0.4, 0.5) is 23.4 Å². The third kappa shape index (κ3) is 2.53. The van der Waals surface area contributed by atoms with Crippen LogP contribution in [0.15, 0.2) is 18.3 Å². The highest BCUT2D eigenvalue weighted by molar-refractivity contribution is 6.06. The molecule has 0 aliphatic carbocycles. The Balaban J connectivity index is 2.04. The van der Waals surface area contributed by atoms with Gasteiger partial charge in [0, 0.05) is 12.1 Å². The van der Waals surface area contributed by atoms with Gasteiger partial charge in [-0.05, 0) is 26.0 Å². The third-order valence-electron chi connectivity index (χ3n) is 3.96. The number of anilines is 1. The predicted molar refractivity (Wildman–Crippen MR) is 77.4 cm³/mol. The van der Waals surface area contributed by atoms with E-state index >= 15 is 0 Å². The Labute approximate surface area is 134 Å². The van der Waals surface area contributed by atoms with Crippen LogP contribution in [-0.4, -0.2) is 27.2 Å². The van der Waals surface area contributed by atoms with Crippen molar-refractivity contribution in [1.82, 2.24) is 14.8 Å². The summed E-state index contributed by atoms with van der Waals surface area (Å²) in [6.07, 6.45) is -3.14. The van der Waals surface area contributed by atoms with E-state index in [1.54, 1.807) is 17.8 Å². The van der Waals surface area contributed by atoms with Gasteiger partial charge in [-0.3, -0.25) is 14.4 Å². The first-order valence-electron chi connectivity index (χ1n) is 7.23.